The van der Waals surface area contributed by atoms with Crippen molar-refractivity contribution >= 4 is 17.1 Å². The molecule has 0 spiro atoms. The average Bonchev–Trinajstić information content (AvgIpc) is 3.21. The minimum atomic E-state index is -0.0584. The largest absolute Gasteiger partial charge is 0.493 e. The van der Waals surface area contributed by atoms with Crippen LogP contribution >= 0.6 is 0 Å². The average molecular weight is 397 g/mol. The van der Waals surface area contributed by atoms with Gasteiger partial charge in [-0.25, -0.2) is 9.97 Å². The van der Waals surface area contributed by atoms with E-state index in [2.05, 4.69) is 20.2 Å². The van der Waals surface area contributed by atoms with Crippen molar-refractivity contribution in [2.75, 3.05) is 34.4 Å². The van der Waals surface area contributed by atoms with Crippen molar-refractivity contribution in [2.45, 2.75) is 18.8 Å². The number of aromatic nitrogens is 4. The molecule has 0 bridgehead atoms. The molecule has 0 saturated carbocycles. The van der Waals surface area contributed by atoms with Gasteiger partial charge in [0, 0.05) is 37.0 Å². The zero-order valence-corrected chi connectivity index (χ0v) is 16.6. The van der Waals surface area contributed by atoms with E-state index in [1.807, 2.05) is 4.90 Å². The van der Waals surface area contributed by atoms with E-state index in [0.717, 1.165) is 24.1 Å². The maximum Gasteiger partial charge on any atom is 0.254 e. The number of likely N-dealkylation sites (tertiary alicyclic amines) is 1. The number of aromatic amines is 1. The Kier molecular flexibility index (Phi) is 5.20. The fourth-order valence-electron chi connectivity index (χ4n) is 3.81. The van der Waals surface area contributed by atoms with Crippen molar-refractivity contribution in [3.05, 3.63) is 35.8 Å². The van der Waals surface area contributed by atoms with Crippen molar-refractivity contribution in [2.24, 2.45) is 0 Å². The van der Waals surface area contributed by atoms with Crippen LogP contribution in [0.5, 0.6) is 17.2 Å². The number of amides is 1. The molecule has 1 aromatic carbocycles. The van der Waals surface area contributed by atoms with Gasteiger partial charge in [-0.15, -0.1) is 0 Å². The van der Waals surface area contributed by atoms with Crippen LogP contribution in [0.25, 0.3) is 11.2 Å². The number of ether oxygens (including phenoxy) is 3. The zero-order valence-electron chi connectivity index (χ0n) is 16.6. The van der Waals surface area contributed by atoms with Gasteiger partial charge < -0.3 is 19.1 Å². The first-order chi connectivity index (χ1) is 14.2. The Bertz CT molecular complexity index is 1000. The number of H-pyrrole nitrogens is 1. The van der Waals surface area contributed by atoms with Gasteiger partial charge in [0.1, 0.15) is 5.52 Å². The molecule has 2 aromatic heterocycles. The van der Waals surface area contributed by atoms with Gasteiger partial charge in [-0.2, -0.15) is 5.10 Å². The summed E-state index contributed by atoms with van der Waals surface area (Å²) in [5, 5.41) is 7.31. The van der Waals surface area contributed by atoms with Crippen molar-refractivity contribution in [3.63, 3.8) is 0 Å². The van der Waals surface area contributed by atoms with Crippen molar-refractivity contribution in [1.82, 2.24) is 25.1 Å². The first-order valence-corrected chi connectivity index (χ1v) is 9.40. The second-order valence-corrected chi connectivity index (χ2v) is 6.85. The third kappa shape index (κ3) is 3.43. The number of methoxy groups -OCH3 is 3. The van der Waals surface area contributed by atoms with Gasteiger partial charge in [-0.1, -0.05) is 0 Å². The number of hydrogen-bond donors (Lipinski definition) is 1. The summed E-state index contributed by atoms with van der Waals surface area (Å²) < 4.78 is 16.1. The summed E-state index contributed by atoms with van der Waals surface area (Å²) in [6.45, 7) is 1.28. The highest BCUT2D eigenvalue weighted by Crippen LogP contribution is 2.39. The molecule has 0 unspecified atom stereocenters. The molecule has 1 amide bonds. The van der Waals surface area contributed by atoms with E-state index in [0.29, 0.717) is 41.5 Å². The van der Waals surface area contributed by atoms with E-state index >= 15 is 0 Å². The number of hydrogen-bond acceptors (Lipinski definition) is 7. The number of nitrogens with one attached hydrogen (secondary N) is 1. The maximum absolute atomic E-state index is 13.1. The first-order valence-electron chi connectivity index (χ1n) is 9.40. The number of fused-ring (bicyclic) bond motifs is 1. The first kappa shape index (κ1) is 19.0. The van der Waals surface area contributed by atoms with Crippen LogP contribution in [0, 0.1) is 0 Å². The van der Waals surface area contributed by atoms with E-state index < -0.39 is 0 Å². The number of rotatable bonds is 5. The third-order valence-corrected chi connectivity index (χ3v) is 5.32. The molecule has 1 saturated heterocycles. The third-order valence-electron chi connectivity index (χ3n) is 5.32. The van der Waals surface area contributed by atoms with Gasteiger partial charge in [-0.3, -0.25) is 9.89 Å². The summed E-state index contributed by atoms with van der Waals surface area (Å²) in [6, 6.07) is 3.38. The molecule has 4 rings (SSSR count). The van der Waals surface area contributed by atoms with E-state index in [-0.39, 0.29) is 11.8 Å². The molecule has 1 aliphatic rings. The normalized spacial score (nSPS) is 14.8. The van der Waals surface area contributed by atoms with Crippen LogP contribution in [-0.2, 0) is 0 Å². The monoisotopic (exact) mass is 397 g/mol. The predicted octanol–water partition coefficient (Wildman–Crippen LogP) is 2.40. The molecular weight excluding hydrogens is 374 g/mol. The number of carbonyl (C=O) groups is 1. The van der Waals surface area contributed by atoms with E-state index in [1.165, 1.54) is 21.3 Å². The quantitative estimate of drug-likeness (QED) is 0.705. The summed E-state index contributed by atoms with van der Waals surface area (Å²) in [5.41, 5.74) is 2.93. The standard InChI is InChI=1S/C20H23N5O4/c1-27-14-10-13(11-15(28-2)18(14)29-3)20(26)25-8-4-12(5-9-25)16-17-19(24-23-16)22-7-6-21-17/h6-7,10-12H,4-5,8-9H2,1-3H3,(H,22,23,24). The van der Waals surface area contributed by atoms with Crippen LogP contribution < -0.4 is 14.2 Å². The van der Waals surface area contributed by atoms with Gasteiger partial charge in [0.15, 0.2) is 17.1 Å². The lowest BCUT2D eigenvalue weighted by Crippen LogP contribution is -2.38. The Hall–Kier alpha value is -3.36. The Labute approximate surface area is 168 Å². The summed E-state index contributed by atoms with van der Waals surface area (Å²) in [6.07, 6.45) is 4.95. The van der Waals surface area contributed by atoms with E-state index in [4.69, 9.17) is 14.2 Å². The predicted molar refractivity (Wildman–Crippen MR) is 106 cm³/mol. The van der Waals surface area contributed by atoms with E-state index in [9.17, 15) is 4.79 Å². The van der Waals surface area contributed by atoms with E-state index in [1.54, 1.807) is 24.5 Å². The molecule has 1 fully saturated rings. The number of piperidine rings is 1. The van der Waals surface area contributed by atoms with Crippen LogP contribution in [0.3, 0.4) is 0 Å². The van der Waals surface area contributed by atoms with Gasteiger partial charge in [0.25, 0.3) is 5.91 Å². The molecule has 0 aliphatic carbocycles. The fourth-order valence-corrected chi connectivity index (χ4v) is 3.81. The smallest absolute Gasteiger partial charge is 0.254 e. The molecule has 9 heteroatoms. The molecule has 1 aliphatic heterocycles. The Morgan fingerprint density at radius 1 is 1.03 bits per heavy atom. The Balaban J connectivity index is 1.51. The Morgan fingerprint density at radius 2 is 1.69 bits per heavy atom. The Morgan fingerprint density at radius 3 is 2.31 bits per heavy atom. The molecule has 1 N–H and O–H groups in total. The lowest BCUT2D eigenvalue weighted by atomic mass is 9.92. The lowest BCUT2D eigenvalue weighted by Gasteiger charge is -2.31. The van der Waals surface area contributed by atoms with Crippen molar-refractivity contribution in [1.29, 1.82) is 0 Å². The minimum Gasteiger partial charge on any atom is -0.493 e. The molecule has 9 nitrogen and oxygen atoms in total. The van der Waals surface area contributed by atoms with Crippen molar-refractivity contribution in [3.8, 4) is 17.2 Å². The fraction of sp³-hybridized carbons (Fsp3) is 0.400. The highest BCUT2D eigenvalue weighted by atomic mass is 16.5. The number of carbonyl (C=O) groups excluding carboxylic acids is 1. The molecule has 0 atom stereocenters. The van der Waals surface area contributed by atoms with Crippen LogP contribution in [-0.4, -0.2) is 65.4 Å². The molecule has 3 aromatic rings. The van der Waals surface area contributed by atoms with Gasteiger partial charge in [0.2, 0.25) is 5.75 Å². The highest BCUT2D eigenvalue weighted by Gasteiger charge is 2.28. The molecular formula is C20H23N5O4. The van der Waals surface area contributed by atoms with Gasteiger partial charge >= 0.3 is 0 Å². The molecule has 0 radical (unpaired) electrons. The van der Waals surface area contributed by atoms with Crippen molar-refractivity contribution < 1.29 is 19.0 Å². The molecule has 152 valence electrons. The van der Waals surface area contributed by atoms with Crippen LogP contribution in [0.15, 0.2) is 24.5 Å². The topological polar surface area (TPSA) is 102 Å². The molecule has 3 heterocycles. The van der Waals surface area contributed by atoms with Gasteiger partial charge in [0.05, 0.1) is 27.0 Å². The summed E-state index contributed by atoms with van der Waals surface area (Å²) in [5.74, 6) is 1.61. The summed E-state index contributed by atoms with van der Waals surface area (Å²) in [4.78, 5) is 23.5. The van der Waals surface area contributed by atoms with Crippen LogP contribution in [0.1, 0.15) is 34.8 Å². The number of nitrogens with zero attached hydrogens (tertiary/aromatic N) is 4. The van der Waals surface area contributed by atoms with Crippen LogP contribution in [0.4, 0.5) is 0 Å². The highest BCUT2D eigenvalue weighted by molar-refractivity contribution is 5.95. The second kappa shape index (κ2) is 7.94. The van der Waals surface area contributed by atoms with Gasteiger partial charge in [-0.05, 0) is 25.0 Å². The SMILES string of the molecule is COc1cc(C(=O)N2CCC(c3[nH]nc4nccnc34)CC2)cc(OC)c1OC. The second-order valence-electron chi connectivity index (χ2n) is 6.85. The maximum atomic E-state index is 13.1. The lowest BCUT2D eigenvalue weighted by molar-refractivity contribution is 0.0711. The zero-order chi connectivity index (χ0) is 20.4. The summed E-state index contributed by atoms with van der Waals surface area (Å²) in [7, 11) is 4.61. The number of benzene rings is 1. The minimum absolute atomic E-state index is 0.0584. The summed E-state index contributed by atoms with van der Waals surface area (Å²) >= 11 is 0. The van der Waals surface area contributed by atoms with Crippen LogP contribution in [0.2, 0.25) is 0 Å². The molecule has 29 heavy (non-hydrogen) atoms.